The molecular weight excluding hydrogens is 412 g/mol. The molecule has 0 radical (unpaired) electrons. The minimum absolute atomic E-state index is 0.0327. The maximum absolute atomic E-state index is 13.5. The molecule has 0 saturated heterocycles. The van der Waals surface area contributed by atoms with Gasteiger partial charge in [0.1, 0.15) is 5.82 Å². The van der Waals surface area contributed by atoms with Gasteiger partial charge in [0.2, 0.25) is 5.91 Å². The Morgan fingerprint density at radius 1 is 1.10 bits per heavy atom. The van der Waals surface area contributed by atoms with E-state index in [0.29, 0.717) is 11.7 Å². The zero-order valence-corrected chi connectivity index (χ0v) is 18.5. The summed E-state index contributed by atoms with van der Waals surface area (Å²) >= 11 is 3.32. The van der Waals surface area contributed by atoms with E-state index in [1.807, 2.05) is 47.0 Å². The highest BCUT2D eigenvalue weighted by molar-refractivity contribution is 8.00. The van der Waals surface area contributed by atoms with Crippen LogP contribution in [-0.2, 0) is 11.3 Å². The number of fused-ring (bicyclic) bond motifs is 1. The van der Waals surface area contributed by atoms with E-state index in [9.17, 15) is 4.79 Å². The van der Waals surface area contributed by atoms with Crippen molar-refractivity contribution in [3.05, 3.63) is 66.0 Å². The van der Waals surface area contributed by atoms with Crippen molar-refractivity contribution in [3.63, 3.8) is 0 Å². The van der Waals surface area contributed by atoms with Crippen LogP contribution < -0.4 is 4.90 Å². The summed E-state index contributed by atoms with van der Waals surface area (Å²) in [6.45, 7) is 2.95. The van der Waals surface area contributed by atoms with Gasteiger partial charge in [-0.3, -0.25) is 4.79 Å². The molecule has 0 unspecified atom stereocenters. The van der Waals surface area contributed by atoms with Gasteiger partial charge < -0.3 is 9.47 Å². The lowest BCUT2D eigenvalue weighted by Gasteiger charge is -2.37. The van der Waals surface area contributed by atoms with Crippen molar-refractivity contribution in [1.29, 1.82) is 0 Å². The lowest BCUT2D eigenvalue weighted by molar-refractivity contribution is -0.116. The molecule has 5 nitrogen and oxygen atoms in total. The average Bonchev–Trinajstić information content (AvgIpc) is 3.56. The highest BCUT2D eigenvalue weighted by Gasteiger charge is 2.33. The van der Waals surface area contributed by atoms with E-state index in [1.165, 1.54) is 30.2 Å². The van der Waals surface area contributed by atoms with Gasteiger partial charge in [-0.05, 0) is 37.5 Å². The number of carbonyl (C=O) groups excluding carboxylic acids is 1. The zero-order valence-electron chi connectivity index (χ0n) is 16.9. The fourth-order valence-electron chi connectivity index (χ4n) is 3.96. The van der Waals surface area contributed by atoms with Crippen LogP contribution >= 0.6 is 23.5 Å². The summed E-state index contributed by atoms with van der Waals surface area (Å²) in [6, 6.07) is 18.6. The Kier molecular flexibility index (Phi) is 5.56. The third-order valence-corrected chi connectivity index (χ3v) is 7.71. The molecule has 2 aromatic carbocycles. The van der Waals surface area contributed by atoms with Crippen molar-refractivity contribution < 1.29 is 4.79 Å². The van der Waals surface area contributed by atoms with Gasteiger partial charge >= 0.3 is 0 Å². The van der Waals surface area contributed by atoms with Crippen LogP contribution in [0.25, 0.3) is 0 Å². The summed E-state index contributed by atoms with van der Waals surface area (Å²) in [5, 5.41) is 9.64. The number of nitrogens with zero attached hydrogens (tertiary/aromatic N) is 4. The zero-order chi connectivity index (χ0) is 20.5. The third-order valence-electron chi connectivity index (χ3n) is 5.62. The van der Waals surface area contributed by atoms with Gasteiger partial charge in [-0.2, -0.15) is 0 Å². The molecule has 2 heterocycles. The first-order valence-corrected chi connectivity index (χ1v) is 12.4. The first kappa shape index (κ1) is 19.7. The van der Waals surface area contributed by atoms with Crippen LogP contribution in [0, 0.1) is 0 Å². The molecule has 1 aliphatic heterocycles. The summed E-state index contributed by atoms with van der Waals surface area (Å²) < 4.78 is 2.17. The second-order valence-corrected chi connectivity index (χ2v) is 9.62. The number of aromatic nitrogens is 3. The number of thioether (sulfide) groups is 2. The predicted octanol–water partition coefficient (Wildman–Crippen LogP) is 5.15. The maximum atomic E-state index is 13.5. The molecule has 7 heteroatoms. The number of para-hydroxylation sites is 1. The second kappa shape index (κ2) is 8.47. The topological polar surface area (TPSA) is 51.0 Å². The fraction of sp³-hybridized carbons (Fsp3) is 0.348. The summed E-state index contributed by atoms with van der Waals surface area (Å²) in [4.78, 5) is 16.7. The van der Waals surface area contributed by atoms with E-state index in [4.69, 9.17) is 0 Å². The van der Waals surface area contributed by atoms with Crippen LogP contribution in [0.2, 0.25) is 0 Å². The van der Waals surface area contributed by atoms with Crippen molar-refractivity contribution >= 4 is 35.1 Å². The van der Waals surface area contributed by atoms with E-state index >= 15 is 0 Å². The standard InChI is InChI=1S/C23H24N4OS2/c1-2-26-22(17-12-13-17)24-25-23(26)30-15-21(28)27-18-10-6-7-11-20(18)29-14-19(27)16-8-4-3-5-9-16/h3-11,17,19H,2,12-15H2,1H3/t19-/m1/s1. The van der Waals surface area contributed by atoms with E-state index < -0.39 is 0 Å². The largest absolute Gasteiger partial charge is 0.306 e. The Balaban J connectivity index is 1.40. The molecule has 1 saturated carbocycles. The third kappa shape index (κ3) is 3.76. The number of rotatable bonds is 6. The molecule has 1 aromatic heterocycles. The molecule has 3 aromatic rings. The van der Waals surface area contributed by atoms with Gasteiger partial charge in [0.05, 0.1) is 17.5 Å². The van der Waals surface area contributed by atoms with Crippen molar-refractivity contribution in [1.82, 2.24) is 14.8 Å². The molecule has 1 aliphatic carbocycles. The Morgan fingerprint density at radius 3 is 2.63 bits per heavy atom. The SMILES string of the molecule is CCn1c(SCC(=O)N2c3ccccc3SC[C@@H]2c2ccccc2)nnc1C1CC1. The molecule has 0 N–H and O–H groups in total. The number of hydrogen-bond acceptors (Lipinski definition) is 5. The summed E-state index contributed by atoms with van der Waals surface area (Å²) in [6.07, 6.45) is 2.39. The van der Waals surface area contributed by atoms with E-state index in [2.05, 4.69) is 46.0 Å². The van der Waals surface area contributed by atoms with Crippen LogP contribution in [-0.4, -0.2) is 32.2 Å². The van der Waals surface area contributed by atoms with Crippen molar-refractivity contribution in [2.75, 3.05) is 16.4 Å². The van der Waals surface area contributed by atoms with Crippen molar-refractivity contribution in [3.8, 4) is 0 Å². The van der Waals surface area contributed by atoms with Gasteiger partial charge in [-0.1, -0.05) is 54.2 Å². The fourth-order valence-corrected chi connectivity index (χ4v) is 6.00. The van der Waals surface area contributed by atoms with Crippen LogP contribution in [0.15, 0.2) is 64.6 Å². The van der Waals surface area contributed by atoms with E-state index in [0.717, 1.165) is 33.9 Å². The van der Waals surface area contributed by atoms with Gasteiger partial charge in [0.25, 0.3) is 0 Å². The minimum atomic E-state index is 0.0327. The highest BCUT2D eigenvalue weighted by Crippen LogP contribution is 2.44. The normalized spacial score (nSPS) is 18.3. The smallest absolute Gasteiger partial charge is 0.238 e. The molecule has 1 fully saturated rings. The summed E-state index contributed by atoms with van der Waals surface area (Å²) in [7, 11) is 0. The molecule has 1 atom stereocenters. The molecule has 5 rings (SSSR count). The monoisotopic (exact) mass is 436 g/mol. The first-order chi connectivity index (χ1) is 14.8. The van der Waals surface area contributed by atoms with Gasteiger partial charge in [-0.25, -0.2) is 0 Å². The van der Waals surface area contributed by atoms with Crippen LogP contribution in [0.3, 0.4) is 0 Å². The van der Waals surface area contributed by atoms with Gasteiger partial charge in [0, 0.05) is 23.1 Å². The number of carbonyl (C=O) groups is 1. The molecule has 30 heavy (non-hydrogen) atoms. The van der Waals surface area contributed by atoms with Gasteiger partial charge in [-0.15, -0.1) is 22.0 Å². The summed E-state index contributed by atoms with van der Waals surface area (Å²) in [5.74, 6) is 2.95. The molecule has 0 spiro atoms. The summed E-state index contributed by atoms with van der Waals surface area (Å²) in [5.41, 5.74) is 2.18. The van der Waals surface area contributed by atoms with Crippen molar-refractivity contribution in [2.24, 2.45) is 0 Å². The number of hydrogen-bond donors (Lipinski definition) is 0. The maximum Gasteiger partial charge on any atom is 0.238 e. The molecular formula is C23H24N4OS2. The molecule has 154 valence electrons. The number of benzene rings is 2. The van der Waals surface area contributed by atoms with Crippen LogP contribution in [0.4, 0.5) is 5.69 Å². The first-order valence-electron chi connectivity index (χ1n) is 10.4. The van der Waals surface area contributed by atoms with Gasteiger partial charge in [0.15, 0.2) is 5.16 Å². The average molecular weight is 437 g/mol. The lowest BCUT2D eigenvalue weighted by atomic mass is 10.1. The van der Waals surface area contributed by atoms with E-state index in [-0.39, 0.29) is 11.9 Å². The van der Waals surface area contributed by atoms with Crippen LogP contribution in [0.1, 0.15) is 43.1 Å². The molecule has 1 amide bonds. The predicted molar refractivity (Wildman–Crippen MR) is 122 cm³/mol. The lowest BCUT2D eigenvalue weighted by Crippen LogP contribution is -2.39. The number of amides is 1. The Hall–Kier alpha value is -2.25. The van der Waals surface area contributed by atoms with Crippen LogP contribution in [0.5, 0.6) is 0 Å². The quantitative estimate of drug-likeness (QED) is 0.500. The van der Waals surface area contributed by atoms with Crippen molar-refractivity contribution in [2.45, 2.75) is 48.3 Å². The second-order valence-electron chi connectivity index (χ2n) is 7.62. The highest BCUT2D eigenvalue weighted by atomic mass is 32.2. The Labute approximate surface area is 185 Å². The number of anilines is 1. The van der Waals surface area contributed by atoms with E-state index in [1.54, 1.807) is 0 Å². The molecule has 0 bridgehead atoms. The Bertz CT molecular complexity index is 1050. The Morgan fingerprint density at radius 2 is 1.87 bits per heavy atom. The molecule has 2 aliphatic rings. The minimum Gasteiger partial charge on any atom is -0.306 e.